The molecule has 0 rings (SSSR count). The highest BCUT2D eigenvalue weighted by Gasteiger charge is 2.14. The lowest BCUT2D eigenvalue weighted by Gasteiger charge is -2.29. The monoisotopic (exact) mass is 342 g/mol. The van der Waals surface area contributed by atoms with Crippen LogP contribution in [0.4, 0.5) is 0 Å². The summed E-state index contributed by atoms with van der Waals surface area (Å²) in [4.78, 5) is 21.7. The van der Waals surface area contributed by atoms with Gasteiger partial charge in [-0.1, -0.05) is 32.3 Å². The second-order valence-electron chi connectivity index (χ2n) is 7.27. The van der Waals surface area contributed by atoms with Gasteiger partial charge in [-0.25, -0.2) is 4.79 Å². The Labute approximate surface area is 147 Å². The molecule has 0 aliphatic heterocycles. The first kappa shape index (κ1) is 22.6. The molecule has 0 aromatic heterocycles. The summed E-state index contributed by atoms with van der Waals surface area (Å²) >= 11 is 0. The third-order valence-corrected chi connectivity index (χ3v) is 4.14. The lowest BCUT2D eigenvalue weighted by Crippen LogP contribution is -2.41. The third kappa shape index (κ3) is 14.2. The summed E-state index contributed by atoms with van der Waals surface area (Å²) in [5, 5.41) is 8.56. The highest BCUT2D eigenvalue weighted by atomic mass is 16.5. The highest BCUT2D eigenvalue weighted by molar-refractivity contribution is 5.86. The number of nitrogens with zero attached hydrogens (tertiary/aromatic N) is 1. The molecule has 0 unspecified atom stereocenters. The Bertz CT molecular complexity index is 391. The molecule has 0 atom stereocenters. The number of carboxylic acids is 1. The van der Waals surface area contributed by atoms with E-state index >= 15 is 0 Å². The van der Waals surface area contributed by atoms with Crippen LogP contribution >= 0.6 is 0 Å². The maximum Gasteiger partial charge on any atom is 0.333 e. The molecule has 24 heavy (non-hydrogen) atoms. The number of carbonyl (C=O) groups excluding carboxylic acids is 1. The number of esters is 1. The average Bonchev–Trinajstić information content (AvgIpc) is 2.49. The maximum atomic E-state index is 11.3. The molecule has 0 fully saturated rings. The zero-order valence-electron chi connectivity index (χ0n) is 15.8. The first-order chi connectivity index (χ1) is 11.2. The molecule has 0 aromatic rings. The van der Waals surface area contributed by atoms with Gasteiger partial charge in [0.15, 0.2) is 0 Å². The second-order valence-corrected chi connectivity index (χ2v) is 7.27. The molecule has 1 N–H and O–H groups in total. The fourth-order valence-electron chi connectivity index (χ4n) is 2.59. The number of quaternary nitrogens is 1. The highest BCUT2D eigenvalue weighted by Crippen LogP contribution is 2.11. The molecule has 5 nitrogen and oxygen atoms in total. The van der Waals surface area contributed by atoms with Crippen molar-refractivity contribution in [3.8, 4) is 0 Å². The minimum absolute atomic E-state index is 0.299. The minimum Gasteiger partial charge on any atom is -0.481 e. The number of ether oxygens (including phenoxy) is 1. The lowest BCUT2D eigenvalue weighted by molar-refractivity contribution is -0.890. The van der Waals surface area contributed by atoms with Gasteiger partial charge in [-0.2, -0.15) is 0 Å². The van der Waals surface area contributed by atoms with Gasteiger partial charge in [0.05, 0.1) is 33.8 Å². The summed E-state index contributed by atoms with van der Waals surface area (Å²) < 4.78 is 6.07. The molecule has 5 heteroatoms. The molecule has 0 saturated heterocycles. The van der Waals surface area contributed by atoms with E-state index in [9.17, 15) is 9.59 Å². The molecule has 0 saturated carbocycles. The summed E-state index contributed by atoms with van der Waals surface area (Å²) in [5.41, 5.74) is 0.451. The van der Waals surface area contributed by atoms with E-state index in [1.807, 2.05) is 0 Å². The van der Waals surface area contributed by atoms with Gasteiger partial charge in [0.25, 0.3) is 0 Å². The normalized spacial score (nSPS) is 11.3. The zero-order chi connectivity index (χ0) is 18.4. The van der Waals surface area contributed by atoms with E-state index < -0.39 is 5.97 Å². The summed E-state index contributed by atoms with van der Waals surface area (Å²) in [5.74, 6) is -0.993. The van der Waals surface area contributed by atoms with Gasteiger partial charge in [-0.3, -0.25) is 4.79 Å². The van der Waals surface area contributed by atoms with Crippen LogP contribution in [0.25, 0.3) is 0 Å². The molecule has 0 aliphatic rings. The number of rotatable bonds is 15. The van der Waals surface area contributed by atoms with Crippen LogP contribution in [-0.2, 0) is 14.3 Å². The molecule has 0 bridgehead atoms. The van der Waals surface area contributed by atoms with Gasteiger partial charge in [-0.05, 0) is 26.2 Å². The van der Waals surface area contributed by atoms with Crippen molar-refractivity contribution in [3.05, 3.63) is 12.2 Å². The molecular weight excluding hydrogens is 306 g/mol. The topological polar surface area (TPSA) is 63.6 Å². The van der Waals surface area contributed by atoms with Crippen LogP contribution < -0.4 is 0 Å². The standard InChI is InChI=1S/C19H35NO4/c1-17(2)19(23)24-16-12-15-20(3,4)14-11-9-7-5-6-8-10-13-18(21)22/h1,5-16H2,2-4H3/p+1. The molecule has 0 amide bonds. The van der Waals surface area contributed by atoms with Gasteiger partial charge < -0.3 is 14.3 Å². The number of aliphatic carboxylic acids is 1. The molecular formula is C19H36NO4+. The van der Waals surface area contributed by atoms with Crippen LogP contribution in [0.15, 0.2) is 12.2 Å². The largest absolute Gasteiger partial charge is 0.481 e. The van der Waals surface area contributed by atoms with Crippen molar-refractivity contribution < 1.29 is 23.9 Å². The minimum atomic E-state index is -0.690. The second kappa shape index (κ2) is 13.0. The molecule has 140 valence electrons. The van der Waals surface area contributed by atoms with Gasteiger partial charge in [-0.15, -0.1) is 0 Å². The SMILES string of the molecule is C=C(C)C(=O)OCCC[N+](C)(C)CCCCCCCCCC(=O)O. The van der Waals surface area contributed by atoms with E-state index in [2.05, 4.69) is 20.7 Å². The van der Waals surface area contributed by atoms with Crippen molar-refractivity contribution in [1.82, 2.24) is 0 Å². The average molecular weight is 343 g/mol. The number of unbranched alkanes of at least 4 members (excludes halogenated alkanes) is 6. The fourth-order valence-corrected chi connectivity index (χ4v) is 2.59. The number of hydrogen-bond donors (Lipinski definition) is 1. The summed E-state index contributed by atoms with van der Waals surface area (Å²) in [7, 11) is 4.43. The van der Waals surface area contributed by atoms with Crippen LogP contribution in [-0.4, -0.2) is 55.3 Å². The van der Waals surface area contributed by atoms with Gasteiger partial charge in [0.1, 0.15) is 0 Å². The Morgan fingerprint density at radius 3 is 1.96 bits per heavy atom. The van der Waals surface area contributed by atoms with Gasteiger partial charge in [0, 0.05) is 18.4 Å². The fraction of sp³-hybridized carbons (Fsp3) is 0.789. The summed E-state index contributed by atoms with van der Waals surface area (Å²) in [6.07, 6.45) is 8.99. The number of carbonyl (C=O) groups is 2. The van der Waals surface area contributed by atoms with Crippen molar-refractivity contribution in [2.24, 2.45) is 0 Å². The molecule has 0 heterocycles. The van der Waals surface area contributed by atoms with Gasteiger partial charge in [0.2, 0.25) is 0 Å². The van der Waals surface area contributed by atoms with Crippen LogP contribution in [0, 0.1) is 0 Å². The number of hydrogen-bond acceptors (Lipinski definition) is 3. The van der Waals surface area contributed by atoms with Crippen molar-refractivity contribution in [2.75, 3.05) is 33.8 Å². The smallest absolute Gasteiger partial charge is 0.333 e. The van der Waals surface area contributed by atoms with E-state index in [1.165, 1.54) is 25.7 Å². The van der Waals surface area contributed by atoms with Crippen LogP contribution in [0.1, 0.15) is 64.7 Å². The van der Waals surface area contributed by atoms with Crippen LogP contribution in [0.2, 0.25) is 0 Å². The van der Waals surface area contributed by atoms with Gasteiger partial charge >= 0.3 is 11.9 Å². The lowest BCUT2D eigenvalue weighted by atomic mass is 10.1. The quantitative estimate of drug-likeness (QED) is 0.213. The third-order valence-electron chi connectivity index (χ3n) is 4.14. The Morgan fingerprint density at radius 2 is 1.42 bits per heavy atom. The maximum absolute atomic E-state index is 11.3. The Balaban J connectivity index is 3.51. The first-order valence-electron chi connectivity index (χ1n) is 9.11. The van der Waals surface area contributed by atoms with Crippen LogP contribution in [0.5, 0.6) is 0 Å². The predicted octanol–water partition coefficient (Wildman–Crippen LogP) is 3.78. The van der Waals surface area contributed by atoms with Crippen molar-refractivity contribution in [2.45, 2.75) is 64.7 Å². The van der Waals surface area contributed by atoms with E-state index in [0.717, 1.165) is 43.3 Å². The van der Waals surface area contributed by atoms with E-state index in [4.69, 9.17) is 9.84 Å². The van der Waals surface area contributed by atoms with Crippen molar-refractivity contribution >= 4 is 11.9 Å². The summed E-state index contributed by atoms with van der Waals surface area (Å²) in [6.45, 7) is 7.82. The van der Waals surface area contributed by atoms with Crippen molar-refractivity contribution in [3.63, 3.8) is 0 Å². The number of carboxylic acid groups (broad SMARTS) is 1. The molecule has 0 aromatic carbocycles. The predicted molar refractivity (Wildman–Crippen MR) is 96.8 cm³/mol. The Kier molecular flexibility index (Phi) is 12.3. The molecule has 0 spiro atoms. The van der Waals surface area contributed by atoms with Crippen LogP contribution in [0.3, 0.4) is 0 Å². The Hall–Kier alpha value is -1.36. The molecule has 0 aliphatic carbocycles. The Morgan fingerprint density at radius 1 is 0.917 bits per heavy atom. The van der Waals surface area contributed by atoms with E-state index in [-0.39, 0.29) is 5.97 Å². The molecule has 0 radical (unpaired) electrons. The first-order valence-corrected chi connectivity index (χ1v) is 9.11. The van der Waals surface area contributed by atoms with E-state index in [1.54, 1.807) is 6.92 Å². The zero-order valence-corrected chi connectivity index (χ0v) is 15.8. The van der Waals surface area contributed by atoms with E-state index in [0.29, 0.717) is 18.6 Å². The van der Waals surface area contributed by atoms with Crippen molar-refractivity contribution in [1.29, 1.82) is 0 Å². The summed E-state index contributed by atoms with van der Waals surface area (Å²) in [6, 6.07) is 0.